The number of hydrogen-bond donors (Lipinski definition) is 1. The lowest BCUT2D eigenvalue weighted by atomic mass is 9.94. The van der Waals surface area contributed by atoms with Gasteiger partial charge in [-0.1, -0.05) is 38.1 Å². The Bertz CT molecular complexity index is 2150. The quantitative estimate of drug-likeness (QED) is 0.227. The first-order valence-corrected chi connectivity index (χ1v) is 15.7. The number of ether oxygens (including phenoxy) is 1. The van der Waals surface area contributed by atoms with E-state index >= 15 is 4.39 Å². The number of nitrogens with one attached hydrogen (secondary N) is 1. The van der Waals surface area contributed by atoms with Crippen LogP contribution in [0.25, 0.3) is 38.8 Å². The first kappa shape index (κ1) is 30.0. The van der Waals surface area contributed by atoms with Gasteiger partial charge in [0.2, 0.25) is 11.7 Å². The van der Waals surface area contributed by atoms with E-state index in [0.29, 0.717) is 46.6 Å². The molecule has 9 nitrogen and oxygen atoms in total. The van der Waals surface area contributed by atoms with Gasteiger partial charge < -0.3 is 19.5 Å². The topological polar surface area (TPSA) is 96.3 Å². The molecule has 7 rings (SSSR count). The van der Waals surface area contributed by atoms with Crippen molar-refractivity contribution in [3.63, 3.8) is 0 Å². The molecule has 2 aliphatic heterocycles. The van der Waals surface area contributed by atoms with Gasteiger partial charge >= 0.3 is 0 Å². The van der Waals surface area contributed by atoms with E-state index in [-0.39, 0.29) is 52.4 Å². The predicted molar refractivity (Wildman–Crippen MR) is 179 cm³/mol. The van der Waals surface area contributed by atoms with Gasteiger partial charge in [0, 0.05) is 41.8 Å². The molecule has 2 unspecified atom stereocenters. The summed E-state index contributed by atoms with van der Waals surface area (Å²) in [4.78, 5) is 43.5. The lowest BCUT2D eigenvalue weighted by Gasteiger charge is -2.48. The number of nitrogens with zero attached hydrogens (tertiary/aromatic N) is 5. The molecule has 1 fully saturated rings. The number of amides is 1. The average Bonchev–Trinajstić information content (AvgIpc) is 3.51. The fraction of sp³-hybridized carbons (Fsp3) is 0.314. The Morgan fingerprint density at radius 2 is 1.93 bits per heavy atom. The lowest BCUT2D eigenvalue weighted by molar-refractivity contribution is -0.129. The first-order chi connectivity index (χ1) is 22.0. The third-order valence-electron chi connectivity index (χ3n) is 9.26. The maximum Gasteiger partial charge on any atom is 0.300 e. The number of aromatic nitrogens is 4. The lowest BCUT2D eigenvalue weighted by Crippen LogP contribution is -2.62. The van der Waals surface area contributed by atoms with Crippen molar-refractivity contribution < 1.29 is 13.9 Å². The Morgan fingerprint density at radius 1 is 1.15 bits per heavy atom. The van der Waals surface area contributed by atoms with Crippen molar-refractivity contribution in [2.24, 2.45) is 0 Å². The summed E-state index contributed by atoms with van der Waals surface area (Å²) in [6.45, 7) is 14.3. The van der Waals surface area contributed by atoms with Crippen molar-refractivity contribution in [2.45, 2.75) is 52.6 Å². The second-order valence-electron chi connectivity index (χ2n) is 12.5. The molecule has 236 valence electrons. The maximum absolute atomic E-state index is 17.7. The minimum absolute atomic E-state index is 0.0654. The highest BCUT2D eigenvalue weighted by molar-refractivity contribution is 6.35. The monoisotopic (exact) mass is 640 g/mol. The number of aryl methyl sites for hydroxylation is 2. The number of rotatable bonds is 4. The highest BCUT2D eigenvalue weighted by Crippen LogP contribution is 2.47. The van der Waals surface area contributed by atoms with Crippen LogP contribution >= 0.6 is 11.6 Å². The number of benzene rings is 2. The number of fused-ring (bicyclic) bond motifs is 6. The number of piperazine rings is 1. The third kappa shape index (κ3) is 4.34. The van der Waals surface area contributed by atoms with Crippen LogP contribution in [-0.2, 0) is 4.79 Å². The summed E-state index contributed by atoms with van der Waals surface area (Å²) in [6.07, 6.45) is 4.57. The Hall–Kier alpha value is -4.70. The summed E-state index contributed by atoms with van der Waals surface area (Å²) in [5.41, 5.74) is 4.80. The number of carbonyl (C=O) groups is 1. The summed E-state index contributed by atoms with van der Waals surface area (Å²) in [5.74, 6) is -0.765. The van der Waals surface area contributed by atoms with Crippen LogP contribution in [0.2, 0.25) is 5.02 Å². The van der Waals surface area contributed by atoms with Crippen LogP contribution in [0, 0.1) is 19.7 Å². The molecule has 0 spiro atoms. The van der Waals surface area contributed by atoms with E-state index in [1.807, 2.05) is 52.8 Å². The molecule has 2 aliphatic rings. The Morgan fingerprint density at radius 3 is 2.67 bits per heavy atom. The van der Waals surface area contributed by atoms with Crippen LogP contribution < -0.4 is 15.2 Å². The molecule has 3 aromatic heterocycles. The minimum Gasteiger partial charge on any atom is -0.484 e. The van der Waals surface area contributed by atoms with Gasteiger partial charge in [-0.2, -0.15) is 0 Å². The maximum atomic E-state index is 17.7. The van der Waals surface area contributed by atoms with E-state index < -0.39 is 11.4 Å². The molecular weight excluding hydrogens is 607 g/mol. The van der Waals surface area contributed by atoms with E-state index in [9.17, 15) is 9.59 Å². The van der Waals surface area contributed by atoms with Crippen LogP contribution in [0.15, 0.2) is 54.2 Å². The second kappa shape index (κ2) is 11.0. The highest BCUT2D eigenvalue weighted by atomic mass is 35.5. The largest absolute Gasteiger partial charge is 0.484 e. The molecule has 46 heavy (non-hydrogen) atoms. The van der Waals surface area contributed by atoms with Gasteiger partial charge in [0.05, 0.1) is 51.0 Å². The molecule has 0 radical (unpaired) electrons. The molecule has 1 amide bonds. The number of aromatic amines is 1. The fourth-order valence-electron chi connectivity index (χ4n) is 7.06. The zero-order valence-electron chi connectivity index (χ0n) is 26.3. The van der Waals surface area contributed by atoms with Gasteiger partial charge in [-0.25, -0.2) is 9.37 Å². The molecular formula is C35H34ClFN6O3. The molecule has 5 aromatic rings. The second-order valence-corrected chi connectivity index (χ2v) is 12.9. The van der Waals surface area contributed by atoms with Crippen LogP contribution in [0.4, 0.5) is 10.1 Å². The summed E-state index contributed by atoms with van der Waals surface area (Å²) < 4.78 is 25.4. The summed E-state index contributed by atoms with van der Waals surface area (Å²) in [7, 11) is 0. The van der Waals surface area contributed by atoms with E-state index in [0.717, 1.165) is 16.6 Å². The number of halogens is 2. The number of H-pyrrole nitrogens is 1. The smallest absolute Gasteiger partial charge is 0.300 e. The van der Waals surface area contributed by atoms with Crippen molar-refractivity contribution >= 4 is 45.1 Å². The zero-order valence-corrected chi connectivity index (χ0v) is 27.1. The number of carbonyl (C=O) groups excluding carboxylic acids is 1. The van der Waals surface area contributed by atoms with Crippen molar-refractivity contribution in [2.75, 3.05) is 24.6 Å². The standard InChI is InChI=1S/C35H34ClFN6O3/c1-7-25(44)41-14-21-15-46-34-33(42(21)13-20(41)6)22-12-23(36)27(26-18(4)8-9-24-30(26)40-16-39-24)28(37)32(22)43(35(34)45)31-19(5)10-11-38-29(31)17(2)3/h7-12,16-17,20-21H,1,13-15H2,2-6H3,(H,39,40). The molecule has 1 saturated heterocycles. The number of pyridine rings is 2. The Labute approximate surface area is 270 Å². The molecule has 5 heterocycles. The fourth-order valence-corrected chi connectivity index (χ4v) is 7.35. The Kier molecular flexibility index (Phi) is 7.15. The number of anilines is 1. The van der Waals surface area contributed by atoms with Gasteiger partial charge in [-0.05, 0) is 62.1 Å². The molecule has 11 heteroatoms. The van der Waals surface area contributed by atoms with Crippen LogP contribution in [0.5, 0.6) is 5.75 Å². The zero-order chi connectivity index (χ0) is 32.6. The number of imidazole rings is 1. The average molecular weight is 641 g/mol. The molecule has 0 aliphatic carbocycles. The summed E-state index contributed by atoms with van der Waals surface area (Å²) in [5, 5.41) is 0.615. The van der Waals surface area contributed by atoms with Gasteiger partial charge in [0.1, 0.15) is 6.61 Å². The van der Waals surface area contributed by atoms with Gasteiger partial charge in [-0.15, -0.1) is 0 Å². The van der Waals surface area contributed by atoms with Crippen molar-refractivity contribution in [1.82, 2.24) is 24.4 Å². The molecule has 2 aromatic carbocycles. The third-order valence-corrected chi connectivity index (χ3v) is 9.56. The highest BCUT2D eigenvalue weighted by Gasteiger charge is 2.41. The van der Waals surface area contributed by atoms with Crippen molar-refractivity contribution in [3.05, 3.63) is 87.5 Å². The molecule has 2 atom stereocenters. The normalized spacial score (nSPS) is 17.7. The summed E-state index contributed by atoms with van der Waals surface area (Å²) >= 11 is 7.06. The SMILES string of the molecule is C=CC(=O)N1CC2COc3c(c4cc(Cl)c(-c5c(C)ccc6[nH]cnc56)c(F)c4n(-c4c(C)ccnc4C(C)C)c3=O)N2CC1C. The first-order valence-electron chi connectivity index (χ1n) is 15.4. The number of hydrogen-bond acceptors (Lipinski definition) is 6. The van der Waals surface area contributed by atoms with Gasteiger partial charge in [-0.3, -0.25) is 19.1 Å². The summed E-state index contributed by atoms with van der Waals surface area (Å²) in [6, 6.07) is 6.87. The molecule has 1 N–H and O–H groups in total. The predicted octanol–water partition coefficient (Wildman–Crippen LogP) is 6.45. The minimum atomic E-state index is -0.644. The van der Waals surface area contributed by atoms with E-state index in [1.165, 1.54) is 10.6 Å². The van der Waals surface area contributed by atoms with Crippen molar-refractivity contribution in [3.8, 4) is 22.6 Å². The van der Waals surface area contributed by atoms with E-state index in [1.54, 1.807) is 23.5 Å². The van der Waals surface area contributed by atoms with Gasteiger partial charge in [0.25, 0.3) is 5.56 Å². The van der Waals surface area contributed by atoms with Crippen LogP contribution in [0.3, 0.4) is 0 Å². The van der Waals surface area contributed by atoms with Crippen LogP contribution in [0.1, 0.15) is 43.5 Å². The van der Waals surface area contributed by atoms with E-state index in [4.69, 9.17) is 16.3 Å². The van der Waals surface area contributed by atoms with Crippen LogP contribution in [-0.4, -0.2) is 62.1 Å². The molecule has 0 bridgehead atoms. The van der Waals surface area contributed by atoms with E-state index in [2.05, 4.69) is 26.4 Å². The van der Waals surface area contributed by atoms with Gasteiger partial charge in [0.15, 0.2) is 5.82 Å². The molecule has 0 saturated carbocycles. The van der Waals surface area contributed by atoms with Crippen molar-refractivity contribution in [1.29, 1.82) is 0 Å². The Balaban J connectivity index is 1.61.